The number of anilines is 1. The van der Waals surface area contributed by atoms with Crippen molar-refractivity contribution < 1.29 is 4.74 Å². The summed E-state index contributed by atoms with van der Waals surface area (Å²) < 4.78 is 7.56. The van der Waals surface area contributed by atoms with Crippen LogP contribution in [-0.4, -0.2) is 19.3 Å². The number of benzene rings is 1. The lowest BCUT2D eigenvalue weighted by Gasteiger charge is -2.23. The minimum absolute atomic E-state index is 0.0867. The molecule has 17 heavy (non-hydrogen) atoms. The van der Waals surface area contributed by atoms with Crippen LogP contribution in [0.1, 0.15) is 25.8 Å². The topological polar surface area (TPSA) is 21.3 Å². The zero-order chi connectivity index (χ0) is 13.1. The van der Waals surface area contributed by atoms with Crippen molar-refractivity contribution in [3.8, 4) is 0 Å². The largest absolute Gasteiger partial charge is 0.383 e. The number of halogens is 2. The highest BCUT2D eigenvalue weighted by atomic mass is 79.9. The van der Waals surface area contributed by atoms with E-state index in [9.17, 15) is 0 Å². The van der Waals surface area contributed by atoms with Crippen LogP contribution in [0.4, 0.5) is 5.69 Å². The molecule has 0 saturated carbocycles. The molecule has 1 aromatic carbocycles. The Hall–Kier alpha value is -0.0600. The van der Waals surface area contributed by atoms with Gasteiger partial charge < -0.3 is 10.1 Å². The number of methoxy groups -OCH3 is 1. The third-order valence-electron chi connectivity index (χ3n) is 2.77. The molecular formula is C13H19Br2NO. The van der Waals surface area contributed by atoms with Gasteiger partial charge in [0, 0.05) is 22.6 Å². The van der Waals surface area contributed by atoms with Crippen LogP contribution in [0.2, 0.25) is 0 Å². The molecule has 0 aliphatic carbocycles. The van der Waals surface area contributed by atoms with Gasteiger partial charge in [-0.1, -0.05) is 0 Å². The van der Waals surface area contributed by atoms with Gasteiger partial charge in [-0.15, -0.1) is 0 Å². The maximum atomic E-state index is 5.39. The molecule has 0 saturated heterocycles. The molecule has 0 fully saturated rings. The maximum absolute atomic E-state index is 5.39. The van der Waals surface area contributed by atoms with Crippen molar-refractivity contribution >= 4 is 37.5 Å². The minimum Gasteiger partial charge on any atom is -0.383 e. The molecule has 0 aromatic heterocycles. The number of hydrogen-bond donors (Lipinski definition) is 1. The molecule has 0 heterocycles. The highest BCUT2D eigenvalue weighted by Gasteiger charge is 2.16. The smallest absolute Gasteiger partial charge is 0.0639 e. The Balaban J connectivity index is 2.64. The summed E-state index contributed by atoms with van der Waals surface area (Å²) in [5, 5.41) is 3.43. The van der Waals surface area contributed by atoms with Crippen molar-refractivity contribution in [2.24, 2.45) is 0 Å². The average molecular weight is 365 g/mol. The average Bonchev–Trinajstić information content (AvgIpc) is 2.22. The van der Waals surface area contributed by atoms with Crippen molar-refractivity contribution in [1.82, 2.24) is 0 Å². The Kier molecular flexibility index (Phi) is 5.48. The molecule has 1 aromatic rings. The summed E-state index contributed by atoms with van der Waals surface area (Å²) >= 11 is 7.14. The normalized spacial score (nSPS) is 11.6. The van der Waals surface area contributed by atoms with E-state index in [4.69, 9.17) is 4.74 Å². The quantitative estimate of drug-likeness (QED) is 0.814. The Morgan fingerprint density at radius 2 is 1.76 bits per heavy atom. The lowest BCUT2D eigenvalue weighted by atomic mass is 10.1. The molecule has 2 nitrogen and oxygen atoms in total. The van der Waals surface area contributed by atoms with E-state index in [0.29, 0.717) is 0 Å². The highest BCUT2D eigenvalue weighted by molar-refractivity contribution is 9.11. The molecule has 4 heteroatoms. The zero-order valence-electron chi connectivity index (χ0n) is 10.7. The van der Waals surface area contributed by atoms with Crippen LogP contribution in [0, 0.1) is 6.92 Å². The number of hydrogen-bond acceptors (Lipinski definition) is 2. The van der Waals surface area contributed by atoms with Crippen LogP contribution >= 0.6 is 31.9 Å². The maximum Gasteiger partial charge on any atom is 0.0639 e. The van der Waals surface area contributed by atoms with E-state index in [0.717, 1.165) is 27.6 Å². The second-order valence-corrected chi connectivity index (χ2v) is 6.45. The zero-order valence-corrected chi connectivity index (χ0v) is 13.9. The summed E-state index contributed by atoms with van der Waals surface area (Å²) in [6.07, 6.45) is 0.955. The summed E-state index contributed by atoms with van der Waals surface area (Å²) in [6.45, 7) is 7.14. The van der Waals surface area contributed by atoms with Crippen LogP contribution in [0.15, 0.2) is 21.1 Å². The molecule has 96 valence electrons. The van der Waals surface area contributed by atoms with E-state index in [-0.39, 0.29) is 5.60 Å². The molecule has 0 aliphatic heterocycles. The number of rotatable bonds is 5. The first kappa shape index (κ1) is 15.0. The van der Waals surface area contributed by atoms with Crippen LogP contribution in [0.3, 0.4) is 0 Å². The first-order valence-corrected chi connectivity index (χ1v) is 7.19. The summed E-state index contributed by atoms with van der Waals surface area (Å²) in [7, 11) is 1.75. The molecule has 0 bridgehead atoms. The minimum atomic E-state index is -0.0867. The van der Waals surface area contributed by atoms with Gasteiger partial charge in [0.05, 0.1) is 11.3 Å². The number of aryl methyl sites for hydroxylation is 1. The van der Waals surface area contributed by atoms with Gasteiger partial charge >= 0.3 is 0 Å². The first-order chi connectivity index (χ1) is 7.85. The second kappa shape index (κ2) is 6.21. The molecule has 0 spiro atoms. The van der Waals surface area contributed by atoms with E-state index < -0.39 is 0 Å². The molecule has 0 atom stereocenters. The Labute approximate surface area is 120 Å². The molecule has 0 aliphatic rings. The predicted molar refractivity (Wildman–Crippen MR) is 80.8 cm³/mol. The molecule has 0 unspecified atom stereocenters. The molecule has 1 rings (SSSR count). The van der Waals surface area contributed by atoms with Gasteiger partial charge in [-0.2, -0.15) is 0 Å². The first-order valence-electron chi connectivity index (χ1n) is 5.60. The molecule has 0 radical (unpaired) electrons. The van der Waals surface area contributed by atoms with Gasteiger partial charge in [-0.3, -0.25) is 0 Å². The molecular weight excluding hydrogens is 346 g/mol. The Morgan fingerprint density at radius 3 is 2.24 bits per heavy atom. The third-order valence-corrected chi connectivity index (χ3v) is 4.02. The van der Waals surface area contributed by atoms with Gasteiger partial charge in [0.2, 0.25) is 0 Å². The summed E-state index contributed by atoms with van der Waals surface area (Å²) in [6, 6.07) is 4.21. The monoisotopic (exact) mass is 363 g/mol. The van der Waals surface area contributed by atoms with E-state index in [2.05, 4.69) is 70.1 Å². The van der Waals surface area contributed by atoms with Crippen molar-refractivity contribution in [3.05, 3.63) is 26.6 Å². The SMILES string of the molecule is COC(C)(C)CCNc1c(Br)cc(C)cc1Br. The fourth-order valence-electron chi connectivity index (χ4n) is 1.46. The van der Waals surface area contributed by atoms with Crippen molar-refractivity contribution in [1.29, 1.82) is 0 Å². The van der Waals surface area contributed by atoms with Gasteiger partial charge in [0.1, 0.15) is 0 Å². The van der Waals surface area contributed by atoms with Crippen LogP contribution in [-0.2, 0) is 4.74 Å². The lowest BCUT2D eigenvalue weighted by Crippen LogP contribution is -2.25. The predicted octanol–water partition coefficient (Wildman–Crippen LogP) is 4.75. The molecule has 0 amide bonds. The van der Waals surface area contributed by atoms with Gasteiger partial charge in [0.15, 0.2) is 0 Å². The van der Waals surface area contributed by atoms with E-state index >= 15 is 0 Å². The van der Waals surface area contributed by atoms with E-state index in [1.165, 1.54) is 5.56 Å². The van der Waals surface area contributed by atoms with E-state index in [1.54, 1.807) is 7.11 Å². The van der Waals surface area contributed by atoms with Crippen LogP contribution in [0.25, 0.3) is 0 Å². The summed E-state index contributed by atoms with van der Waals surface area (Å²) in [5.74, 6) is 0. The van der Waals surface area contributed by atoms with Crippen molar-refractivity contribution in [2.75, 3.05) is 19.0 Å². The Morgan fingerprint density at radius 1 is 1.24 bits per heavy atom. The summed E-state index contributed by atoms with van der Waals surface area (Å²) in [4.78, 5) is 0. The number of nitrogens with one attached hydrogen (secondary N) is 1. The third kappa shape index (κ3) is 4.60. The lowest BCUT2D eigenvalue weighted by molar-refractivity contribution is 0.0185. The van der Waals surface area contributed by atoms with Crippen LogP contribution in [0.5, 0.6) is 0 Å². The number of ether oxygens (including phenoxy) is 1. The van der Waals surface area contributed by atoms with E-state index in [1.807, 2.05) is 0 Å². The fraction of sp³-hybridized carbons (Fsp3) is 0.538. The fourth-order valence-corrected chi connectivity index (χ4v) is 3.16. The van der Waals surface area contributed by atoms with Crippen molar-refractivity contribution in [2.45, 2.75) is 32.8 Å². The standard InChI is InChI=1S/C13H19Br2NO/c1-9-7-10(14)12(11(15)8-9)16-6-5-13(2,3)17-4/h7-8,16H,5-6H2,1-4H3. The van der Waals surface area contributed by atoms with Gasteiger partial charge in [-0.05, 0) is 76.7 Å². The second-order valence-electron chi connectivity index (χ2n) is 4.74. The summed E-state index contributed by atoms with van der Waals surface area (Å²) in [5.41, 5.74) is 2.24. The highest BCUT2D eigenvalue weighted by Crippen LogP contribution is 2.32. The van der Waals surface area contributed by atoms with Crippen LogP contribution < -0.4 is 5.32 Å². The van der Waals surface area contributed by atoms with Gasteiger partial charge in [-0.25, -0.2) is 0 Å². The molecule has 1 N–H and O–H groups in total. The van der Waals surface area contributed by atoms with Gasteiger partial charge in [0.25, 0.3) is 0 Å². The van der Waals surface area contributed by atoms with Crippen molar-refractivity contribution in [3.63, 3.8) is 0 Å². The Bertz CT molecular complexity index is 368.